The lowest BCUT2D eigenvalue weighted by Gasteiger charge is -2.21. The van der Waals surface area contributed by atoms with Gasteiger partial charge < -0.3 is 5.32 Å². The first-order valence-corrected chi connectivity index (χ1v) is 7.20. The Morgan fingerprint density at radius 1 is 1.60 bits per heavy atom. The Bertz CT molecular complexity index is 294. The van der Waals surface area contributed by atoms with Gasteiger partial charge in [0.1, 0.15) is 0 Å². The normalized spacial score (nSPS) is 15.3. The van der Waals surface area contributed by atoms with Crippen LogP contribution < -0.4 is 5.32 Å². The van der Waals surface area contributed by atoms with E-state index in [1.807, 2.05) is 7.05 Å². The van der Waals surface area contributed by atoms with Crippen LogP contribution in [0.15, 0.2) is 9.85 Å². The minimum Gasteiger partial charge on any atom is -0.312 e. The van der Waals surface area contributed by atoms with E-state index in [4.69, 9.17) is 11.6 Å². The van der Waals surface area contributed by atoms with Crippen molar-refractivity contribution >= 4 is 38.9 Å². The molecule has 0 fully saturated rings. The minimum atomic E-state index is 0.416. The van der Waals surface area contributed by atoms with E-state index in [-0.39, 0.29) is 0 Å². The summed E-state index contributed by atoms with van der Waals surface area (Å²) in [6.45, 7) is 4.51. The van der Waals surface area contributed by atoms with Crippen molar-refractivity contribution < 1.29 is 0 Å². The smallest absolute Gasteiger partial charge is 0.0887 e. The number of hydrogen-bond donors (Lipinski definition) is 1. The maximum Gasteiger partial charge on any atom is 0.0887 e. The van der Waals surface area contributed by atoms with Crippen LogP contribution in [-0.2, 0) is 0 Å². The highest BCUT2D eigenvalue weighted by Crippen LogP contribution is 2.38. The minimum absolute atomic E-state index is 0.416. The van der Waals surface area contributed by atoms with Crippen molar-refractivity contribution in [1.82, 2.24) is 5.32 Å². The van der Waals surface area contributed by atoms with Gasteiger partial charge in [0.05, 0.1) is 8.81 Å². The van der Waals surface area contributed by atoms with Crippen molar-refractivity contribution in [2.24, 2.45) is 5.92 Å². The summed E-state index contributed by atoms with van der Waals surface area (Å²) in [5, 5.41) is 4.19. The van der Waals surface area contributed by atoms with Gasteiger partial charge >= 0.3 is 0 Å². The fourth-order valence-electron chi connectivity index (χ4n) is 1.85. The van der Waals surface area contributed by atoms with E-state index < -0.39 is 0 Å². The Morgan fingerprint density at radius 3 is 2.67 bits per heavy atom. The van der Waals surface area contributed by atoms with Gasteiger partial charge in [-0.15, -0.1) is 11.3 Å². The Labute approximate surface area is 109 Å². The Hall–Kier alpha value is 0.430. The summed E-state index contributed by atoms with van der Waals surface area (Å²) in [7, 11) is 2.01. The summed E-state index contributed by atoms with van der Waals surface area (Å²) in [6, 6.07) is 2.47. The lowest BCUT2D eigenvalue weighted by molar-refractivity contribution is 0.389. The summed E-state index contributed by atoms with van der Waals surface area (Å²) in [5.41, 5.74) is 0. The Kier molecular flexibility index (Phi) is 5.61. The second-order valence-electron chi connectivity index (χ2n) is 3.80. The molecule has 0 aliphatic carbocycles. The SMILES string of the molecule is CCCC(C)C(NC)c1cc(Cl)c(Br)s1. The van der Waals surface area contributed by atoms with Crippen molar-refractivity contribution in [1.29, 1.82) is 0 Å². The summed E-state index contributed by atoms with van der Waals surface area (Å²) in [4.78, 5) is 1.32. The van der Waals surface area contributed by atoms with Gasteiger partial charge in [0, 0.05) is 10.9 Å². The van der Waals surface area contributed by atoms with Crippen molar-refractivity contribution in [2.45, 2.75) is 32.7 Å². The molecule has 1 aromatic heterocycles. The van der Waals surface area contributed by atoms with Gasteiger partial charge in [0.2, 0.25) is 0 Å². The molecule has 15 heavy (non-hydrogen) atoms. The first kappa shape index (κ1) is 13.5. The quantitative estimate of drug-likeness (QED) is 0.819. The zero-order chi connectivity index (χ0) is 11.4. The summed E-state index contributed by atoms with van der Waals surface area (Å²) in [6.07, 6.45) is 2.46. The molecule has 1 N–H and O–H groups in total. The Morgan fingerprint density at radius 2 is 2.27 bits per heavy atom. The fraction of sp³-hybridized carbons (Fsp3) is 0.636. The molecule has 1 aromatic rings. The average Bonchev–Trinajstić information content (AvgIpc) is 2.48. The van der Waals surface area contributed by atoms with Gasteiger partial charge in [-0.3, -0.25) is 0 Å². The maximum atomic E-state index is 6.05. The zero-order valence-corrected chi connectivity index (χ0v) is 12.5. The highest BCUT2D eigenvalue weighted by atomic mass is 79.9. The molecule has 0 aliphatic heterocycles. The molecule has 0 spiro atoms. The molecule has 86 valence electrons. The molecule has 0 bridgehead atoms. The predicted molar refractivity (Wildman–Crippen MR) is 72.9 cm³/mol. The van der Waals surface area contributed by atoms with Crippen molar-refractivity contribution in [3.05, 3.63) is 19.8 Å². The van der Waals surface area contributed by atoms with Crippen molar-refractivity contribution in [2.75, 3.05) is 7.05 Å². The summed E-state index contributed by atoms with van der Waals surface area (Å²) in [5.74, 6) is 0.640. The van der Waals surface area contributed by atoms with Gasteiger partial charge in [-0.05, 0) is 41.4 Å². The molecular weight excluding hydrogens is 294 g/mol. The standard InChI is InChI=1S/C11H17BrClNS/c1-4-5-7(2)10(14-3)9-6-8(13)11(12)15-9/h6-7,10,14H,4-5H2,1-3H3. The molecule has 1 nitrogen and oxygen atoms in total. The number of rotatable bonds is 5. The van der Waals surface area contributed by atoms with Crippen LogP contribution in [0.2, 0.25) is 5.02 Å². The lowest BCUT2D eigenvalue weighted by Crippen LogP contribution is -2.22. The number of nitrogens with one attached hydrogen (secondary N) is 1. The van der Waals surface area contributed by atoms with Crippen LogP contribution in [0.25, 0.3) is 0 Å². The second kappa shape index (κ2) is 6.24. The van der Waals surface area contributed by atoms with E-state index in [9.17, 15) is 0 Å². The van der Waals surface area contributed by atoms with Gasteiger partial charge in [-0.25, -0.2) is 0 Å². The van der Waals surface area contributed by atoms with Crippen molar-refractivity contribution in [3.63, 3.8) is 0 Å². The molecule has 1 heterocycles. The van der Waals surface area contributed by atoms with Crippen LogP contribution in [0.4, 0.5) is 0 Å². The number of halogens is 2. The van der Waals surface area contributed by atoms with E-state index in [2.05, 4.69) is 41.2 Å². The van der Waals surface area contributed by atoms with Gasteiger partial charge in [-0.2, -0.15) is 0 Å². The molecular formula is C11H17BrClNS. The van der Waals surface area contributed by atoms with Crippen LogP contribution in [0.3, 0.4) is 0 Å². The molecule has 0 aliphatic rings. The number of hydrogen-bond acceptors (Lipinski definition) is 2. The lowest BCUT2D eigenvalue weighted by atomic mass is 9.96. The third kappa shape index (κ3) is 3.45. The van der Waals surface area contributed by atoms with Crippen LogP contribution in [0.1, 0.15) is 37.6 Å². The topological polar surface area (TPSA) is 12.0 Å². The van der Waals surface area contributed by atoms with Crippen molar-refractivity contribution in [3.8, 4) is 0 Å². The summed E-state index contributed by atoms with van der Waals surface area (Å²) < 4.78 is 1.03. The molecule has 0 saturated carbocycles. The molecule has 0 aromatic carbocycles. The highest BCUT2D eigenvalue weighted by Gasteiger charge is 2.19. The third-order valence-corrected chi connectivity index (χ3v) is 5.15. The van der Waals surface area contributed by atoms with Gasteiger partial charge in [0.25, 0.3) is 0 Å². The van der Waals surface area contributed by atoms with E-state index in [1.54, 1.807) is 11.3 Å². The van der Waals surface area contributed by atoms with Crippen LogP contribution >= 0.6 is 38.9 Å². The molecule has 0 amide bonds. The monoisotopic (exact) mass is 309 g/mol. The van der Waals surface area contributed by atoms with Crippen LogP contribution in [0, 0.1) is 5.92 Å². The molecule has 0 saturated heterocycles. The molecule has 2 atom stereocenters. The molecule has 1 rings (SSSR count). The fourth-order valence-corrected chi connectivity index (χ4v) is 3.84. The second-order valence-corrected chi connectivity index (χ2v) is 6.61. The predicted octanol–water partition coefficient (Wildman–Crippen LogP) is 4.86. The van der Waals surface area contributed by atoms with E-state index in [0.29, 0.717) is 12.0 Å². The molecule has 4 heteroatoms. The maximum absolute atomic E-state index is 6.05. The third-order valence-electron chi connectivity index (χ3n) is 2.59. The van der Waals surface area contributed by atoms with Gasteiger partial charge in [0.15, 0.2) is 0 Å². The summed E-state index contributed by atoms with van der Waals surface area (Å²) >= 11 is 11.2. The highest BCUT2D eigenvalue weighted by molar-refractivity contribution is 9.11. The Balaban J connectivity index is 2.82. The van der Waals surface area contributed by atoms with Crippen LogP contribution in [0.5, 0.6) is 0 Å². The number of thiophene rings is 1. The van der Waals surface area contributed by atoms with Crippen LogP contribution in [-0.4, -0.2) is 7.05 Å². The largest absolute Gasteiger partial charge is 0.312 e. The molecule has 2 unspecified atom stereocenters. The van der Waals surface area contributed by atoms with E-state index in [1.165, 1.54) is 17.7 Å². The van der Waals surface area contributed by atoms with E-state index >= 15 is 0 Å². The molecule has 0 radical (unpaired) electrons. The average molecular weight is 311 g/mol. The van der Waals surface area contributed by atoms with Gasteiger partial charge in [-0.1, -0.05) is 31.9 Å². The van der Waals surface area contributed by atoms with E-state index in [0.717, 1.165) is 8.81 Å². The first-order valence-electron chi connectivity index (χ1n) is 5.22. The first-order chi connectivity index (χ1) is 7.10. The zero-order valence-electron chi connectivity index (χ0n) is 9.31.